The van der Waals surface area contributed by atoms with E-state index in [0.29, 0.717) is 18.0 Å². The lowest BCUT2D eigenvalue weighted by Crippen LogP contribution is -2.51. The van der Waals surface area contributed by atoms with Crippen molar-refractivity contribution in [1.82, 2.24) is 20.4 Å². The van der Waals surface area contributed by atoms with Gasteiger partial charge in [0.1, 0.15) is 0 Å². The van der Waals surface area contributed by atoms with Crippen molar-refractivity contribution in [3.8, 4) is 0 Å². The third-order valence-corrected chi connectivity index (χ3v) is 5.84. The molecule has 136 valence electrons. The van der Waals surface area contributed by atoms with Gasteiger partial charge < -0.3 is 10.2 Å². The average molecular weight is 343 g/mol. The van der Waals surface area contributed by atoms with Crippen molar-refractivity contribution < 1.29 is 4.79 Å². The predicted octanol–water partition coefficient (Wildman–Crippen LogP) is 1.74. The van der Waals surface area contributed by atoms with Crippen LogP contribution in [0.15, 0.2) is 12.1 Å². The molecule has 1 saturated carbocycles. The summed E-state index contributed by atoms with van der Waals surface area (Å²) in [7, 11) is 0. The summed E-state index contributed by atoms with van der Waals surface area (Å²) >= 11 is 0. The van der Waals surface area contributed by atoms with Gasteiger partial charge in [0, 0.05) is 31.7 Å². The quantitative estimate of drug-likeness (QED) is 0.902. The minimum absolute atomic E-state index is 0.190. The Morgan fingerprint density at radius 1 is 1.08 bits per heavy atom. The standard InChI is InChI=1S/C19H29N5O/c1-14-4-7-18(22-21-14)23-11-8-17(9-12-23)24-10-2-3-15(13-24)19(25)20-16-5-6-16/h4,7,15-17H,2-3,5-6,8-13H2,1H3,(H,20,25)/t15-/m1/s1. The van der Waals surface area contributed by atoms with E-state index >= 15 is 0 Å². The third kappa shape index (κ3) is 4.11. The maximum absolute atomic E-state index is 12.4. The Bertz CT molecular complexity index is 592. The Balaban J connectivity index is 1.29. The zero-order chi connectivity index (χ0) is 17.2. The summed E-state index contributed by atoms with van der Waals surface area (Å²) in [6.45, 7) is 6.10. The van der Waals surface area contributed by atoms with Crippen LogP contribution in [0.2, 0.25) is 0 Å². The number of hydrogen-bond acceptors (Lipinski definition) is 5. The van der Waals surface area contributed by atoms with Crippen LogP contribution in [0.5, 0.6) is 0 Å². The number of likely N-dealkylation sites (tertiary alicyclic amines) is 1. The topological polar surface area (TPSA) is 61.4 Å². The molecule has 1 N–H and O–H groups in total. The lowest BCUT2D eigenvalue weighted by atomic mass is 9.93. The molecule has 2 saturated heterocycles. The van der Waals surface area contributed by atoms with Gasteiger partial charge in [0.2, 0.25) is 5.91 Å². The van der Waals surface area contributed by atoms with Crippen LogP contribution in [0.3, 0.4) is 0 Å². The van der Waals surface area contributed by atoms with Crippen molar-refractivity contribution in [1.29, 1.82) is 0 Å². The highest BCUT2D eigenvalue weighted by atomic mass is 16.2. The molecule has 1 amide bonds. The van der Waals surface area contributed by atoms with Crippen molar-refractivity contribution >= 4 is 11.7 Å². The van der Waals surface area contributed by atoms with E-state index in [4.69, 9.17) is 0 Å². The molecule has 1 atom stereocenters. The van der Waals surface area contributed by atoms with Crippen LogP contribution in [0.25, 0.3) is 0 Å². The SMILES string of the molecule is Cc1ccc(N2CCC(N3CCC[C@@H](C(=O)NC4CC4)C3)CC2)nn1. The largest absolute Gasteiger partial charge is 0.355 e. The molecule has 4 rings (SSSR count). The van der Waals surface area contributed by atoms with E-state index in [0.717, 1.165) is 63.4 Å². The second-order valence-corrected chi connectivity index (χ2v) is 7.87. The summed E-state index contributed by atoms with van der Waals surface area (Å²) in [6, 6.07) is 5.18. The molecule has 3 fully saturated rings. The monoisotopic (exact) mass is 343 g/mol. The Kier molecular flexibility index (Phi) is 4.88. The van der Waals surface area contributed by atoms with Gasteiger partial charge in [-0.25, -0.2) is 0 Å². The fourth-order valence-corrected chi connectivity index (χ4v) is 4.12. The highest BCUT2D eigenvalue weighted by molar-refractivity contribution is 5.79. The third-order valence-electron chi connectivity index (χ3n) is 5.84. The second kappa shape index (κ2) is 7.28. The smallest absolute Gasteiger partial charge is 0.224 e. The molecule has 2 aliphatic heterocycles. The van der Waals surface area contributed by atoms with Gasteiger partial charge >= 0.3 is 0 Å². The number of aryl methyl sites for hydroxylation is 1. The molecule has 0 unspecified atom stereocenters. The van der Waals surface area contributed by atoms with Crippen LogP contribution >= 0.6 is 0 Å². The van der Waals surface area contributed by atoms with E-state index in [2.05, 4.69) is 31.4 Å². The summed E-state index contributed by atoms with van der Waals surface area (Å²) in [6.07, 6.45) is 6.82. The summed E-state index contributed by atoms with van der Waals surface area (Å²) < 4.78 is 0. The highest BCUT2D eigenvalue weighted by Crippen LogP contribution is 2.27. The Morgan fingerprint density at radius 3 is 2.56 bits per heavy atom. The van der Waals surface area contributed by atoms with E-state index < -0.39 is 0 Å². The van der Waals surface area contributed by atoms with Crippen LogP contribution in [-0.2, 0) is 4.79 Å². The fraction of sp³-hybridized carbons (Fsp3) is 0.737. The number of anilines is 1. The number of aromatic nitrogens is 2. The van der Waals surface area contributed by atoms with Crippen molar-refractivity contribution in [3.63, 3.8) is 0 Å². The number of carbonyl (C=O) groups excluding carboxylic acids is 1. The summed E-state index contributed by atoms with van der Waals surface area (Å²) in [5.74, 6) is 1.47. The maximum atomic E-state index is 12.4. The average Bonchev–Trinajstić information content (AvgIpc) is 3.47. The van der Waals surface area contributed by atoms with Crippen molar-refractivity contribution in [2.75, 3.05) is 31.1 Å². The number of hydrogen-bond donors (Lipinski definition) is 1. The molecule has 0 bridgehead atoms. The number of rotatable bonds is 4. The first-order valence-corrected chi connectivity index (χ1v) is 9.79. The minimum atomic E-state index is 0.190. The first-order chi connectivity index (χ1) is 12.2. The normalized spacial score (nSPS) is 25.8. The van der Waals surface area contributed by atoms with E-state index in [1.54, 1.807) is 0 Å². The summed E-state index contributed by atoms with van der Waals surface area (Å²) in [4.78, 5) is 17.3. The predicted molar refractivity (Wildman–Crippen MR) is 97.5 cm³/mol. The number of amides is 1. The molecule has 25 heavy (non-hydrogen) atoms. The maximum Gasteiger partial charge on any atom is 0.224 e. The molecule has 3 aliphatic rings. The van der Waals surface area contributed by atoms with E-state index in [9.17, 15) is 4.79 Å². The number of nitrogens with zero attached hydrogens (tertiary/aromatic N) is 4. The molecule has 1 aromatic heterocycles. The van der Waals surface area contributed by atoms with Gasteiger partial charge in [-0.15, -0.1) is 5.10 Å². The van der Waals surface area contributed by atoms with E-state index in [-0.39, 0.29) is 5.92 Å². The summed E-state index contributed by atoms with van der Waals surface area (Å²) in [5, 5.41) is 11.7. The lowest BCUT2D eigenvalue weighted by Gasteiger charge is -2.42. The zero-order valence-corrected chi connectivity index (χ0v) is 15.2. The van der Waals surface area contributed by atoms with Gasteiger partial charge in [-0.1, -0.05) is 0 Å². The second-order valence-electron chi connectivity index (χ2n) is 7.87. The van der Waals surface area contributed by atoms with Crippen LogP contribution in [0, 0.1) is 12.8 Å². The Hall–Kier alpha value is -1.69. The molecule has 0 radical (unpaired) electrons. The van der Waals surface area contributed by atoms with Gasteiger partial charge in [0.25, 0.3) is 0 Å². The van der Waals surface area contributed by atoms with Crippen molar-refractivity contribution in [2.24, 2.45) is 5.92 Å². The first kappa shape index (κ1) is 16.8. The summed E-state index contributed by atoms with van der Waals surface area (Å²) in [5.41, 5.74) is 0.961. The Morgan fingerprint density at radius 2 is 1.88 bits per heavy atom. The van der Waals surface area contributed by atoms with Gasteiger partial charge in [0.05, 0.1) is 11.6 Å². The van der Waals surface area contributed by atoms with Gasteiger partial charge in [-0.3, -0.25) is 9.69 Å². The van der Waals surface area contributed by atoms with Crippen LogP contribution in [0.1, 0.15) is 44.2 Å². The van der Waals surface area contributed by atoms with E-state index in [1.807, 2.05) is 13.0 Å². The van der Waals surface area contributed by atoms with Gasteiger partial charge in [0.15, 0.2) is 5.82 Å². The molecule has 6 nitrogen and oxygen atoms in total. The van der Waals surface area contributed by atoms with Gasteiger partial charge in [-0.2, -0.15) is 5.10 Å². The van der Waals surface area contributed by atoms with Gasteiger partial charge in [-0.05, 0) is 64.1 Å². The lowest BCUT2D eigenvalue weighted by molar-refractivity contribution is -0.127. The van der Waals surface area contributed by atoms with Crippen LogP contribution in [0.4, 0.5) is 5.82 Å². The van der Waals surface area contributed by atoms with Crippen molar-refractivity contribution in [2.45, 2.75) is 57.5 Å². The number of carbonyl (C=O) groups is 1. The van der Waals surface area contributed by atoms with Crippen LogP contribution < -0.4 is 10.2 Å². The minimum Gasteiger partial charge on any atom is -0.355 e. The molecule has 1 aliphatic carbocycles. The molecule has 0 aromatic carbocycles. The molecular formula is C19H29N5O. The molecular weight excluding hydrogens is 314 g/mol. The molecule has 3 heterocycles. The molecule has 0 spiro atoms. The van der Waals surface area contributed by atoms with E-state index in [1.165, 1.54) is 12.8 Å². The van der Waals surface area contributed by atoms with Crippen LogP contribution in [-0.4, -0.2) is 59.3 Å². The zero-order valence-electron chi connectivity index (χ0n) is 15.2. The van der Waals surface area contributed by atoms with Crippen molar-refractivity contribution in [3.05, 3.63) is 17.8 Å². The molecule has 6 heteroatoms. The number of nitrogens with one attached hydrogen (secondary N) is 1. The highest BCUT2D eigenvalue weighted by Gasteiger charge is 2.33. The fourth-order valence-electron chi connectivity index (χ4n) is 4.12. The Labute approximate surface area is 150 Å². The molecule has 1 aromatic rings. The number of piperidine rings is 2. The first-order valence-electron chi connectivity index (χ1n) is 9.79.